The number of imidazole rings is 1. The van der Waals surface area contributed by atoms with Crippen molar-refractivity contribution in [3.8, 4) is 5.75 Å². The van der Waals surface area contributed by atoms with Gasteiger partial charge >= 0.3 is 0 Å². The Hall–Kier alpha value is -3.36. The van der Waals surface area contributed by atoms with Crippen molar-refractivity contribution in [1.82, 2.24) is 25.1 Å². The lowest BCUT2D eigenvalue weighted by Gasteiger charge is -2.44. The van der Waals surface area contributed by atoms with Gasteiger partial charge in [0.2, 0.25) is 5.91 Å². The van der Waals surface area contributed by atoms with Gasteiger partial charge in [0.1, 0.15) is 17.0 Å². The molecule has 2 N–H and O–H groups in total. The van der Waals surface area contributed by atoms with Gasteiger partial charge < -0.3 is 24.8 Å². The molecule has 1 atom stereocenters. The molecule has 2 fully saturated rings. The summed E-state index contributed by atoms with van der Waals surface area (Å²) in [5.41, 5.74) is 0.352. The van der Waals surface area contributed by atoms with E-state index in [4.69, 9.17) is 4.74 Å². The third-order valence-corrected chi connectivity index (χ3v) is 7.45. The first-order valence-electron chi connectivity index (χ1n) is 12.5. The summed E-state index contributed by atoms with van der Waals surface area (Å²) >= 11 is 0. The molecule has 0 bridgehead atoms. The van der Waals surface area contributed by atoms with Crippen molar-refractivity contribution in [3.05, 3.63) is 47.5 Å². The van der Waals surface area contributed by atoms with Crippen molar-refractivity contribution in [3.63, 3.8) is 0 Å². The molecule has 0 radical (unpaired) electrons. The summed E-state index contributed by atoms with van der Waals surface area (Å²) < 4.78 is 7.04. The Morgan fingerprint density at radius 3 is 2.63 bits per heavy atom. The first-order chi connectivity index (χ1) is 16.9. The summed E-state index contributed by atoms with van der Waals surface area (Å²) in [6, 6.07) is 7.86. The number of aromatic nitrogens is 2. The van der Waals surface area contributed by atoms with Gasteiger partial charge in [-0.05, 0) is 50.7 Å². The monoisotopic (exact) mass is 479 g/mol. The Kier molecular flexibility index (Phi) is 6.25. The molecule has 35 heavy (non-hydrogen) atoms. The molecule has 2 aliphatic carbocycles. The minimum absolute atomic E-state index is 0.0203. The molecule has 1 aromatic heterocycles. The smallest absolute Gasteiger partial charge is 0.274 e. The van der Waals surface area contributed by atoms with E-state index >= 15 is 0 Å². The van der Waals surface area contributed by atoms with Crippen LogP contribution in [-0.4, -0.2) is 63.4 Å². The average molecular weight is 480 g/mol. The first kappa shape index (κ1) is 23.4. The normalized spacial score (nSPS) is 22.1. The number of hydrogen-bond acceptors (Lipinski definition) is 5. The van der Waals surface area contributed by atoms with Gasteiger partial charge in [-0.25, -0.2) is 4.98 Å². The van der Waals surface area contributed by atoms with E-state index in [9.17, 15) is 14.4 Å². The third kappa shape index (κ3) is 4.39. The summed E-state index contributed by atoms with van der Waals surface area (Å²) in [5, 5.41) is 6.07. The molecule has 2 saturated carbocycles. The highest BCUT2D eigenvalue weighted by Gasteiger charge is 2.54. The van der Waals surface area contributed by atoms with Gasteiger partial charge in [-0.2, -0.15) is 0 Å². The van der Waals surface area contributed by atoms with Crippen LogP contribution in [0.1, 0.15) is 72.0 Å². The Bertz CT molecular complexity index is 1130. The van der Waals surface area contributed by atoms with Gasteiger partial charge in [0, 0.05) is 18.6 Å². The van der Waals surface area contributed by atoms with Crippen LogP contribution in [0.4, 0.5) is 0 Å². The van der Waals surface area contributed by atoms with Gasteiger partial charge in [-0.15, -0.1) is 0 Å². The fraction of sp³-hybridized carbons (Fsp3) is 0.538. The summed E-state index contributed by atoms with van der Waals surface area (Å²) in [5.74, 6) is -0.0368. The maximum atomic E-state index is 13.7. The molecular formula is C26H33N5O4. The predicted molar refractivity (Wildman–Crippen MR) is 129 cm³/mol. The number of ether oxygens (including phenoxy) is 1. The second-order valence-electron chi connectivity index (χ2n) is 10.0. The topological polar surface area (TPSA) is 106 Å². The highest BCUT2D eigenvalue weighted by molar-refractivity contribution is 6.07. The molecule has 1 unspecified atom stereocenters. The SMILES string of the molecule is COc1ccccc1CCNC(=O)c1ncn2c1C(=O)N(C1CC1)C(C)(C(=O)NC1CCCC1)C2. The van der Waals surface area contributed by atoms with E-state index in [1.54, 1.807) is 16.6 Å². The van der Waals surface area contributed by atoms with Gasteiger partial charge in [0.05, 0.1) is 20.0 Å². The molecular weight excluding hydrogens is 446 g/mol. The molecule has 9 heteroatoms. The van der Waals surface area contributed by atoms with Crippen molar-refractivity contribution in [1.29, 1.82) is 0 Å². The number of fused-ring (bicyclic) bond motifs is 1. The Morgan fingerprint density at radius 1 is 1.17 bits per heavy atom. The number of nitrogens with zero attached hydrogens (tertiary/aromatic N) is 3. The lowest BCUT2D eigenvalue weighted by atomic mass is 9.93. The van der Waals surface area contributed by atoms with Gasteiger partial charge in [-0.1, -0.05) is 31.0 Å². The molecule has 1 aliphatic heterocycles. The van der Waals surface area contributed by atoms with Crippen LogP contribution >= 0.6 is 0 Å². The van der Waals surface area contributed by atoms with E-state index in [0.717, 1.165) is 49.8 Å². The lowest BCUT2D eigenvalue weighted by molar-refractivity contribution is -0.134. The van der Waals surface area contributed by atoms with E-state index in [-0.39, 0.29) is 41.8 Å². The number of amides is 3. The van der Waals surface area contributed by atoms with Crippen molar-refractivity contribution < 1.29 is 19.1 Å². The number of carbonyl (C=O) groups is 3. The summed E-state index contributed by atoms with van der Waals surface area (Å²) in [7, 11) is 1.62. The van der Waals surface area contributed by atoms with E-state index in [1.807, 2.05) is 31.2 Å². The van der Waals surface area contributed by atoms with E-state index in [1.165, 1.54) is 6.33 Å². The van der Waals surface area contributed by atoms with Crippen LogP contribution in [0.5, 0.6) is 5.75 Å². The molecule has 2 heterocycles. The first-order valence-corrected chi connectivity index (χ1v) is 12.5. The summed E-state index contributed by atoms with van der Waals surface area (Å²) in [4.78, 5) is 46.1. The molecule has 5 rings (SSSR count). The second kappa shape index (κ2) is 9.36. The average Bonchev–Trinajstić information content (AvgIpc) is 3.36. The Morgan fingerprint density at radius 2 is 1.91 bits per heavy atom. The van der Waals surface area contributed by atoms with Crippen molar-refractivity contribution >= 4 is 17.7 Å². The minimum Gasteiger partial charge on any atom is -0.496 e. The van der Waals surface area contributed by atoms with Crippen LogP contribution in [0, 0.1) is 0 Å². The molecule has 0 spiro atoms. The van der Waals surface area contributed by atoms with Gasteiger partial charge in [0.15, 0.2) is 5.69 Å². The second-order valence-corrected chi connectivity index (χ2v) is 10.0. The fourth-order valence-electron chi connectivity index (χ4n) is 5.44. The van der Waals surface area contributed by atoms with E-state index in [2.05, 4.69) is 15.6 Å². The number of para-hydroxylation sites is 1. The largest absolute Gasteiger partial charge is 0.496 e. The molecule has 2 aromatic rings. The van der Waals surface area contributed by atoms with Crippen LogP contribution in [0.2, 0.25) is 0 Å². The summed E-state index contributed by atoms with van der Waals surface area (Å²) in [6.07, 6.45) is 8.03. The maximum Gasteiger partial charge on any atom is 0.274 e. The van der Waals surface area contributed by atoms with Crippen LogP contribution < -0.4 is 15.4 Å². The third-order valence-electron chi connectivity index (χ3n) is 7.45. The maximum absolute atomic E-state index is 13.7. The van der Waals surface area contributed by atoms with Gasteiger partial charge in [0.25, 0.3) is 11.8 Å². The van der Waals surface area contributed by atoms with Crippen LogP contribution in [0.15, 0.2) is 30.6 Å². The minimum atomic E-state index is -1.01. The van der Waals surface area contributed by atoms with E-state index < -0.39 is 11.4 Å². The van der Waals surface area contributed by atoms with Crippen molar-refractivity contribution in [2.75, 3.05) is 13.7 Å². The van der Waals surface area contributed by atoms with Crippen LogP contribution in [0.25, 0.3) is 0 Å². The number of hydrogen-bond donors (Lipinski definition) is 2. The molecule has 9 nitrogen and oxygen atoms in total. The molecule has 0 saturated heterocycles. The lowest BCUT2D eigenvalue weighted by Crippen LogP contribution is -2.65. The number of nitrogens with one attached hydrogen (secondary N) is 2. The summed E-state index contributed by atoms with van der Waals surface area (Å²) in [6.45, 7) is 2.50. The number of benzene rings is 1. The molecule has 1 aromatic carbocycles. The zero-order valence-electron chi connectivity index (χ0n) is 20.4. The van der Waals surface area contributed by atoms with E-state index in [0.29, 0.717) is 13.0 Å². The van der Waals surface area contributed by atoms with Gasteiger partial charge in [-0.3, -0.25) is 14.4 Å². The van der Waals surface area contributed by atoms with Crippen LogP contribution in [-0.2, 0) is 17.8 Å². The van der Waals surface area contributed by atoms with Crippen molar-refractivity contribution in [2.45, 2.75) is 76.0 Å². The van der Waals surface area contributed by atoms with Crippen LogP contribution in [0.3, 0.4) is 0 Å². The Balaban J connectivity index is 1.33. The highest BCUT2D eigenvalue weighted by Crippen LogP contribution is 2.39. The molecule has 3 amide bonds. The number of rotatable bonds is 8. The zero-order valence-corrected chi connectivity index (χ0v) is 20.4. The molecule has 3 aliphatic rings. The quantitative estimate of drug-likeness (QED) is 0.605. The number of carbonyl (C=O) groups excluding carboxylic acids is 3. The zero-order chi connectivity index (χ0) is 24.6. The highest BCUT2D eigenvalue weighted by atomic mass is 16.5. The number of methoxy groups -OCH3 is 1. The molecule has 186 valence electrons. The Labute approximate surface area is 205 Å². The standard InChI is InChI=1S/C26H33N5O4/c1-26(25(34)29-18-8-4-5-9-18)15-30-16-28-21(22(30)24(33)31(26)19-11-12-19)23(32)27-14-13-17-7-3-6-10-20(17)35-2/h3,6-7,10,16,18-19H,4-5,8-9,11-15H2,1-2H3,(H,27,32)(H,29,34). The predicted octanol–water partition coefficient (Wildman–Crippen LogP) is 2.30. The van der Waals surface area contributed by atoms with Crippen molar-refractivity contribution in [2.24, 2.45) is 0 Å². The fourth-order valence-corrected chi connectivity index (χ4v) is 5.44.